The van der Waals surface area contributed by atoms with E-state index in [-0.39, 0.29) is 4.12 Å². The Hall–Kier alpha value is -0.0213. The molecule has 1 nitrogen and oxygen atoms in total. The standard InChI is InChI=1S/C9H11O.3C4H9.Sn/c1-8(7-10)9-5-3-2-4-6-9;3*1-3-4-2;/h2-8,10H,1H3;3*1,3-4H2,2H3;/t8-;;;;/m0..../s1. The molecule has 0 bridgehead atoms. The van der Waals surface area contributed by atoms with Crippen LogP contribution in [0.25, 0.3) is 0 Å². The van der Waals surface area contributed by atoms with E-state index >= 15 is 0 Å². The van der Waals surface area contributed by atoms with Gasteiger partial charge in [-0.3, -0.25) is 0 Å². The molecule has 1 rings (SSSR count). The average molecular weight is 425 g/mol. The Morgan fingerprint density at radius 3 is 1.65 bits per heavy atom. The topological polar surface area (TPSA) is 20.2 Å². The van der Waals surface area contributed by atoms with Crippen molar-refractivity contribution in [1.29, 1.82) is 0 Å². The number of rotatable bonds is 12. The molecule has 0 amide bonds. The van der Waals surface area contributed by atoms with E-state index in [4.69, 9.17) is 0 Å². The van der Waals surface area contributed by atoms with Crippen molar-refractivity contribution in [2.45, 2.75) is 89.6 Å². The summed E-state index contributed by atoms with van der Waals surface area (Å²) in [6.45, 7) is 9.14. The maximum absolute atomic E-state index is 11.5. The number of unbranched alkanes of at least 4 members (excludes halogenated alkanes) is 3. The summed E-state index contributed by atoms with van der Waals surface area (Å²) in [6, 6.07) is 10.7. The maximum atomic E-state index is 11.5. The van der Waals surface area contributed by atoms with Gasteiger partial charge in [-0.05, 0) is 0 Å². The van der Waals surface area contributed by atoms with E-state index in [2.05, 4.69) is 58.0 Å². The van der Waals surface area contributed by atoms with Crippen LogP contribution >= 0.6 is 0 Å². The van der Waals surface area contributed by atoms with E-state index in [0.717, 1.165) is 0 Å². The zero-order chi connectivity index (χ0) is 17.1. The van der Waals surface area contributed by atoms with Crippen molar-refractivity contribution >= 4 is 18.4 Å². The molecular formula is C21H38OSn. The minimum atomic E-state index is -2.55. The molecule has 0 saturated heterocycles. The molecule has 2 atom stereocenters. The third-order valence-corrected chi connectivity index (χ3v) is 22.1. The van der Waals surface area contributed by atoms with Gasteiger partial charge in [-0.1, -0.05) is 0 Å². The molecule has 0 aromatic heterocycles. The van der Waals surface area contributed by atoms with Crippen LogP contribution in [-0.2, 0) is 0 Å². The fourth-order valence-corrected chi connectivity index (χ4v) is 21.2. The van der Waals surface area contributed by atoms with Gasteiger partial charge in [0, 0.05) is 0 Å². The summed E-state index contributed by atoms with van der Waals surface area (Å²) in [4.78, 5) is 0. The monoisotopic (exact) mass is 426 g/mol. The van der Waals surface area contributed by atoms with Crippen molar-refractivity contribution in [3.05, 3.63) is 35.9 Å². The number of benzene rings is 1. The molecule has 1 aromatic rings. The second-order valence-corrected chi connectivity index (χ2v) is 21.1. The first-order chi connectivity index (χ1) is 11.1. The predicted molar refractivity (Wildman–Crippen MR) is 106 cm³/mol. The summed E-state index contributed by atoms with van der Waals surface area (Å²) in [5.74, 6) is 0.303. The van der Waals surface area contributed by atoms with Gasteiger partial charge in [-0.15, -0.1) is 0 Å². The van der Waals surface area contributed by atoms with Crippen LogP contribution in [0.4, 0.5) is 0 Å². The minimum absolute atomic E-state index is 0.0312. The molecule has 0 aliphatic carbocycles. The summed E-state index contributed by atoms with van der Waals surface area (Å²) in [5.41, 5.74) is 1.32. The Morgan fingerprint density at radius 2 is 1.26 bits per heavy atom. The van der Waals surface area contributed by atoms with Crippen LogP contribution in [0.2, 0.25) is 13.3 Å². The molecule has 0 aliphatic rings. The SMILES string of the molecule is CCC[CH2][Sn]([CH2]CCC)([CH2]CCC)[C@H](O)[C@H](C)c1ccccc1. The summed E-state index contributed by atoms with van der Waals surface area (Å²) < 4.78 is 4.10. The molecule has 1 aromatic carbocycles. The molecule has 132 valence electrons. The number of aliphatic hydroxyl groups excluding tert-OH is 1. The van der Waals surface area contributed by atoms with Gasteiger partial charge in [-0.2, -0.15) is 0 Å². The van der Waals surface area contributed by atoms with Gasteiger partial charge in [0.15, 0.2) is 0 Å². The molecule has 23 heavy (non-hydrogen) atoms. The molecule has 0 fully saturated rings. The normalized spacial score (nSPS) is 14.7. The zero-order valence-electron chi connectivity index (χ0n) is 15.9. The molecular weight excluding hydrogens is 387 g/mol. The van der Waals surface area contributed by atoms with E-state index in [0.29, 0.717) is 5.92 Å². The van der Waals surface area contributed by atoms with Crippen molar-refractivity contribution in [1.82, 2.24) is 0 Å². The first kappa shape index (κ1) is 21.0. The first-order valence-corrected chi connectivity index (χ1v) is 17.5. The quantitative estimate of drug-likeness (QED) is 0.377. The van der Waals surface area contributed by atoms with Gasteiger partial charge in [-0.25, -0.2) is 0 Å². The van der Waals surface area contributed by atoms with E-state index in [1.165, 1.54) is 57.4 Å². The Labute approximate surface area is 148 Å². The van der Waals surface area contributed by atoms with Gasteiger partial charge < -0.3 is 0 Å². The van der Waals surface area contributed by atoms with Crippen LogP contribution in [0.5, 0.6) is 0 Å². The van der Waals surface area contributed by atoms with Crippen LogP contribution in [0.15, 0.2) is 30.3 Å². The van der Waals surface area contributed by atoms with Crippen LogP contribution in [0, 0.1) is 0 Å². The molecule has 0 spiro atoms. The molecule has 0 aliphatic heterocycles. The van der Waals surface area contributed by atoms with Gasteiger partial charge in [0.2, 0.25) is 0 Å². The second kappa shape index (κ2) is 11.5. The van der Waals surface area contributed by atoms with Crippen molar-refractivity contribution in [3.8, 4) is 0 Å². The van der Waals surface area contributed by atoms with Crippen LogP contribution < -0.4 is 0 Å². The number of hydrogen-bond donors (Lipinski definition) is 1. The molecule has 0 saturated carbocycles. The Bertz CT molecular complexity index is 382. The number of aliphatic hydroxyl groups is 1. The average Bonchev–Trinajstić information content (AvgIpc) is 2.61. The third kappa shape index (κ3) is 6.42. The van der Waals surface area contributed by atoms with Crippen LogP contribution in [-0.4, -0.2) is 27.6 Å². The first-order valence-electron chi connectivity index (χ1n) is 9.84. The molecule has 2 heteroatoms. The Kier molecular flexibility index (Phi) is 10.5. The molecule has 0 unspecified atom stereocenters. The van der Waals surface area contributed by atoms with E-state index in [1.807, 2.05) is 0 Å². The van der Waals surface area contributed by atoms with Gasteiger partial charge >= 0.3 is 149 Å². The third-order valence-electron chi connectivity index (χ3n) is 5.51. The summed E-state index contributed by atoms with van der Waals surface area (Å²) >= 11 is -2.55. The van der Waals surface area contributed by atoms with E-state index < -0.39 is 18.4 Å². The summed E-state index contributed by atoms with van der Waals surface area (Å²) in [6.07, 6.45) is 7.77. The predicted octanol–water partition coefficient (Wildman–Crippen LogP) is 6.54. The number of hydrogen-bond acceptors (Lipinski definition) is 1. The Balaban J connectivity index is 3.01. The molecule has 0 heterocycles. The fraction of sp³-hybridized carbons (Fsp3) is 0.714. The zero-order valence-corrected chi connectivity index (χ0v) is 18.7. The summed E-state index contributed by atoms with van der Waals surface area (Å²) in [7, 11) is 0. The van der Waals surface area contributed by atoms with Crippen molar-refractivity contribution in [3.63, 3.8) is 0 Å². The van der Waals surface area contributed by atoms with Gasteiger partial charge in [0.05, 0.1) is 0 Å². The van der Waals surface area contributed by atoms with Gasteiger partial charge in [0.1, 0.15) is 0 Å². The van der Waals surface area contributed by atoms with Crippen molar-refractivity contribution < 1.29 is 5.11 Å². The Morgan fingerprint density at radius 1 is 0.826 bits per heavy atom. The van der Waals surface area contributed by atoms with Crippen LogP contribution in [0.1, 0.15) is 77.7 Å². The van der Waals surface area contributed by atoms with E-state index in [9.17, 15) is 5.11 Å². The van der Waals surface area contributed by atoms with Gasteiger partial charge in [0.25, 0.3) is 0 Å². The second-order valence-electron chi connectivity index (χ2n) is 7.32. The molecule has 0 radical (unpaired) electrons. The fourth-order valence-electron chi connectivity index (χ4n) is 3.87. The van der Waals surface area contributed by atoms with Crippen molar-refractivity contribution in [2.24, 2.45) is 0 Å². The molecule has 1 N–H and O–H groups in total. The summed E-state index contributed by atoms with van der Waals surface area (Å²) in [5, 5.41) is 11.5. The van der Waals surface area contributed by atoms with Crippen molar-refractivity contribution in [2.75, 3.05) is 0 Å². The van der Waals surface area contributed by atoms with Crippen LogP contribution in [0.3, 0.4) is 0 Å². The van der Waals surface area contributed by atoms with E-state index in [1.54, 1.807) is 0 Å².